The third-order valence-corrected chi connectivity index (χ3v) is 11.2. The average Bonchev–Trinajstić information content (AvgIpc) is 3.61. The number of hydrogen-bond donors (Lipinski definition) is 2. The second kappa shape index (κ2) is 17.3. The van der Waals surface area contributed by atoms with Gasteiger partial charge in [0.15, 0.2) is 6.23 Å². The van der Waals surface area contributed by atoms with Crippen LogP contribution in [0.1, 0.15) is 45.2 Å². The number of benzene rings is 6. The second-order valence-corrected chi connectivity index (χ2v) is 14.7. The summed E-state index contributed by atoms with van der Waals surface area (Å²) in [4.78, 5) is 28.8. The van der Waals surface area contributed by atoms with Gasteiger partial charge in [0.1, 0.15) is 41.0 Å². The number of aromatic amines is 1. The summed E-state index contributed by atoms with van der Waals surface area (Å²) < 4.78 is 33.8. The number of hydrogen-bond acceptors (Lipinski definition) is 8. The molecule has 0 radical (unpaired) electrons. The van der Waals surface area contributed by atoms with Gasteiger partial charge in [-0.3, -0.25) is 14.3 Å². The maximum absolute atomic E-state index is 13.7. The number of aryl methyl sites for hydroxylation is 1. The van der Waals surface area contributed by atoms with Gasteiger partial charge in [-0.2, -0.15) is 0 Å². The molecular formula is C50H46N2O8. The molecule has 8 rings (SSSR count). The largest absolute Gasteiger partial charge is 0.497 e. The van der Waals surface area contributed by atoms with E-state index >= 15 is 0 Å². The average molecular weight is 803 g/mol. The summed E-state index contributed by atoms with van der Waals surface area (Å²) in [7, 11) is 3.23. The fraction of sp³-hybridized carbons (Fsp3) is 0.200. The number of aliphatic hydroxyl groups is 1. The SMILES string of the molecule is COc1ccc(C(OC[C@H]2O[C@@H](n3cc(C)c(=O)[nH]c3=O)[C@H](OC(c3ccccc3)(c3ccccc3)c3ccc(OC)cc3)[C@@H]2O)(c2ccccc2)c2ccccc2)cc1. The van der Waals surface area contributed by atoms with E-state index < -0.39 is 47.0 Å². The molecular weight excluding hydrogens is 757 g/mol. The lowest BCUT2D eigenvalue weighted by Gasteiger charge is -2.40. The Morgan fingerprint density at radius 2 is 1.00 bits per heavy atom. The number of aliphatic hydroxyl groups excluding tert-OH is 1. The summed E-state index contributed by atoms with van der Waals surface area (Å²) in [6.45, 7) is 1.46. The molecule has 6 aromatic carbocycles. The molecule has 304 valence electrons. The number of ether oxygens (including phenoxy) is 5. The summed E-state index contributed by atoms with van der Waals surface area (Å²) in [6.07, 6.45) is -3.38. The quantitative estimate of drug-likeness (QED) is 0.109. The van der Waals surface area contributed by atoms with Crippen LogP contribution in [-0.2, 0) is 25.4 Å². The molecule has 1 aliphatic rings. The van der Waals surface area contributed by atoms with Crippen molar-refractivity contribution in [1.82, 2.24) is 9.55 Å². The minimum Gasteiger partial charge on any atom is -0.497 e. The molecule has 60 heavy (non-hydrogen) atoms. The summed E-state index contributed by atoms with van der Waals surface area (Å²) in [5, 5.41) is 12.7. The van der Waals surface area contributed by atoms with E-state index in [2.05, 4.69) is 4.98 Å². The van der Waals surface area contributed by atoms with Crippen molar-refractivity contribution in [3.63, 3.8) is 0 Å². The van der Waals surface area contributed by atoms with Crippen LogP contribution in [0.3, 0.4) is 0 Å². The highest BCUT2D eigenvalue weighted by Crippen LogP contribution is 2.47. The Morgan fingerprint density at radius 3 is 1.43 bits per heavy atom. The molecule has 1 saturated heterocycles. The van der Waals surface area contributed by atoms with Crippen LogP contribution in [0.5, 0.6) is 11.5 Å². The summed E-state index contributed by atoms with van der Waals surface area (Å²) in [5.41, 5.74) is 1.29. The van der Waals surface area contributed by atoms with Crippen molar-refractivity contribution < 1.29 is 28.8 Å². The first-order chi connectivity index (χ1) is 29.3. The monoisotopic (exact) mass is 802 g/mol. The van der Waals surface area contributed by atoms with E-state index in [9.17, 15) is 14.7 Å². The fourth-order valence-electron chi connectivity index (χ4n) is 8.19. The number of nitrogens with one attached hydrogen (secondary N) is 1. The molecule has 7 aromatic rings. The first-order valence-electron chi connectivity index (χ1n) is 19.8. The van der Waals surface area contributed by atoms with Crippen molar-refractivity contribution in [2.24, 2.45) is 0 Å². The zero-order chi connectivity index (χ0) is 41.7. The van der Waals surface area contributed by atoms with E-state index in [0.29, 0.717) is 11.5 Å². The van der Waals surface area contributed by atoms with Crippen molar-refractivity contribution in [1.29, 1.82) is 0 Å². The van der Waals surface area contributed by atoms with Gasteiger partial charge in [-0.1, -0.05) is 146 Å². The number of nitrogens with zero attached hydrogens (tertiary/aromatic N) is 1. The second-order valence-electron chi connectivity index (χ2n) is 14.7. The molecule has 0 saturated carbocycles. The van der Waals surface area contributed by atoms with E-state index in [1.54, 1.807) is 21.1 Å². The van der Waals surface area contributed by atoms with Crippen LogP contribution in [0, 0.1) is 6.92 Å². The third kappa shape index (κ3) is 7.46. The summed E-state index contributed by atoms with van der Waals surface area (Å²) >= 11 is 0. The van der Waals surface area contributed by atoms with E-state index in [-0.39, 0.29) is 12.2 Å². The topological polar surface area (TPSA) is 121 Å². The predicted molar refractivity (Wildman–Crippen MR) is 228 cm³/mol. The standard InChI is InChI=1S/C50H46N2O8/c1-34-32-52(48(55)51-46(34)54)47-45(60-50(37-20-12-6-13-21-37,38-22-14-7-15-23-38)40-26-30-42(57-3)31-27-40)44(53)43(59-47)33-58-49(35-16-8-4-9-17-35,36-18-10-5-11-19-36)39-24-28-41(56-2)29-25-39/h4-32,43-45,47,53H,33H2,1-3H3,(H,51,54,55)/t43-,44-,45-,47-/m1/s1. The summed E-state index contributed by atoms with van der Waals surface area (Å²) in [5.74, 6) is 1.34. The molecule has 2 N–H and O–H groups in total. The van der Waals surface area contributed by atoms with Gasteiger partial charge in [0.25, 0.3) is 5.56 Å². The number of rotatable bonds is 14. The molecule has 4 atom stereocenters. The molecule has 1 aliphatic heterocycles. The normalized spacial score (nSPS) is 17.9. The molecule has 1 aromatic heterocycles. The van der Waals surface area contributed by atoms with Gasteiger partial charge in [-0.15, -0.1) is 0 Å². The first-order valence-corrected chi connectivity index (χ1v) is 19.8. The minimum atomic E-state index is -1.36. The van der Waals surface area contributed by atoms with Crippen molar-refractivity contribution >= 4 is 0 Å². The molecule has 2 heterocycles. The Balaban J connectivity index is 1.28. The van der Waals surface area contributed by atoms with Gasteiger partial charge in [-0.05, 0) is 64.6 Å². The highest BCUT2D eigenvalue weighted by Gasteiger charge is 2.52. The lowest BCUT2D eigenvalue weighted by atomic mass is 9.79. The van der Waals surface area contributed by atoms with Crippen LogP contribution < -0.4 is 20.7 Å². The summed E-state index contributed by atoms with van der Waals surface area (Å²) in [6, 6.07) is 54.4. The zero-order valence-electron chi connectivity index (χ0n) is 33.5. The van der Waals surface area contributed by atoms with E-state index in [4.69, 9.17) is 23.7 Å². The number of methoxy groups -OCH3 is 2. The highest BCUT2D eigenvalue weighted by molar-refractivity contribution is 5.50. The number of aromatic nitrogens is 2. The number of H-pyrrole nitrogens is 1. The highest BCUT2D eigenvalue weighted by atomic mass is 16.6. The van der Waals surface area contributed by atoms with Gasteiger partial charge < -0.3 is 28.8 Å². The zero-order valence-corrected chi connectivity index (χ0v) is 33.5. The lowest BCUT2D eigenvalue weighted by molar-refractivity contribution is -0.125. The Morgan fingerprint density at radius 1 is 0.600 bits per heavy atom. The van der Waals surface area contributed by atoms with Gasteiger partial charge in [0, 0.05) is 11.8 Å². The van der Waals surface area contributed by atoms with Crippen molar-refractivity contribution in [3.05, 3.63) is 236 Å². The molecule has 0 amide bonds. The lowest BCUT2D eigenvalue weighted by Crippen LogP contribution is -2.46. The molecule has 0 aliphatic carbocycles. The Kier molecular flexibility index (Phi) is 11.6. The van der Waals surface area contributed by atoms with Crippen molar-refractivity contribution in [2.45, 2.75) is 42.7 Å². The van der Waals surface area contributed by atoms with Crippen LogP contribution in [0.2, 0.25) is 0 Å². The predicted octanol–water partition coefficient (Wildman–Crippen LogP) is 7.51. The first kappa shape index (κ1) is 40.2. The van der Waals surface area contributed by atoms with Crippen LogP contribution in [-0.4, -0.2) is 53.8 Å². The van der Waals surface area contributed by atoms with Gasteiger partial charge in [0.2, 0.25) is 0 Å². The molecule has 0 spiro atoms. The third-order valence-electron chi connectivity index (χ3n) is 11.2. The van der Waals surface area contributed by atoms with E-state index in [1.807, 2.05) is 170 Å². The van der Waals surface area contributed by atoms with Gasteiger partial charge in [-0.25, -0.2) is 4.79 Å². The van der Waals surface area contributed by atoms with Crippen molar-refractivity contribution in [3.8, 4) is 11.5 Å². The van der Waals surface area contributed by atoms with E-state index in [0.717, 1.165) is 33.4 Å². The maximum Gasteiger partial charge on any atom is 0.330 e. The smallest absolute Gasteiger partial charge is 0.330 e. The van der Waals surface area contributed by atoms with Crippen LogP contribution in [0.25, 0.3) is 0 Å². The van der Waals surface area contributed by atoms with Crippen LogP contribution in [0.4, 0.5) is 0 Å². The molecule has 0 bridgehead atoms. The minimum absolute atomic E-state index is 0.142. The van der Waals surface area contributed by atoms with Crippen LogP contribution in [0.15, 0.2) is 186 Å². The van der Waals surface area contributed by atoms with Gasteiger partial charge >= 0.3 is 5.69 Å². The fourth-order valence-corrected chi connectivity index (χ4v) is 8.19. The maximum atomic E-state index is 13.7. The van der Waals surface area contributed by atoms with Crippen LogP contribution >= 0.6 is 0 Å². The van der Waals surface area contributed by atoms with Crippen molar-refractivity contribution in [2.75, 3.05) is 20.8 Å². The van der Waals surface area contributed by atoms with Gasteiger partial charge in [0.05, 0.1) is 20.8 Å². The van der Waals surface area contributed by atoms with E-state index in [1.165, 1.54) is 10.8 Å². The molecule has 10 nitrogen and oxygen atoms in total. The molecule has 0 unspecified atom stereocenters. The Bertz CT molecular complexity index is 2520. The Labute approximate surface area is 348 Å². The molecule has 1 fully saturated rings. The molecule has 10 heteroatoms. The Hall–Kier alpha value is -6.56.